The van der Waals surface area contributed by atoms with Gasteiger partial charge in [0, 0.05) is 50.8 Å². The summed E-state index contributed by atoms with van der Waals surface area (Å²) in [5, 5.41) is 24.8. The standard InChI is InChI=1S/C21H29N5O3.CH2O2/c1-20(24-19(28)17-4-2-7-22-14-17)16-21(29-15-18(20)27)5-10-25(11-6-21)12-13-26-9-3-8-23-26;2-1-3/h2-4,7-9,14,18,27H,5-6,10-13,15-16H2,1H3,(H,24,28);1H,(H,2,3)/t18-,20-;/m1./s1. The molecule has 2 atom stereocenters. The average molecular weight is 446 g/mol. The maximum absolute atomic E-state index is 12.7. The van der Waals surface area contributed by atoms with Crippen molar-refractivity contribution in [1.82, 2.24) is 25.0 Å². The quantitative estimate of drug-likeness (QED) is 0.576. The summed E-state index contributed by atoms with van der Waals surface area (Å²) in [5.74, 6) is -0.214. The number of rotatable bonds is 5. The van der Waals surface area contributed by atoms with E-state index in [4.69, 9.17) is 14.6 Å². The normalized spacial score (nSPS) is 24.9. The van der Waals surface area contributed by atoms with Crippen LogP contribution in [0.25, 0.3) is 0 Å². The Morgan fingerprint density at radius 2 is 2.06 bits per heavy atom. The molecule has 0 unspecified atom stereocenters. The molecule has 0 aliphatic carbocycles. The highest BCUT2D eigenvalue weighted by molar-refractivity contribution is 5.94. The first-order valence-electron chi connectivity index (χ1n) is 10.7. The predicted octanol–water partition coefficient (Wildman–Crippen LogP) is 0.783. The van der Waals surface area contributed by atoms with Crippen LogP contribution in [-0.4, -0.2) is 85.7 Å². The molecule has 174 valence electrons. The van der Waals surface area contributed by atoms with Crippen LogP contribution in [0.3, 0.4) is 0 Å². The number of aliphatic hydroxyl groups is 1. The molecule has 0 aromatic carbocycles. The Hall–Kier alpha value is -2.82. The zero-order chi connectivity index (χ0) is 23.0. The van der Waals surface area contributed by atoms with Gasteiger partial charge in [-0.25, -0.2) is 0 Å². The second-order valence-corrected chi connectivity index (χ2v) is 8.52. The lowest BCUT2D eigenvalue weighted by Crippen LogP contribution is -2.65. The number of carbonyl (C=O) groups is 2. The average Bonchev–Trinajstić information content (AvgIpc) is 3.31. The number of piperidine rings is 1. The van der Waals surface area contributed by atoms with Crippen molar-refractivity contribution in [1.29, 1.82) is 0 Å². The van der Waals surface area contributed by atoms with Crippen LogP contribution in [0.5, 0.6) is 0 Å². The van der Waals surface area contributed by atoms with Gasteiger partial charge in [-0.05, 0) is 38.0 Å². The molecule has 2 aromatic rings. The van der Waals surface area contributed by atoms with Gasteiger partial charge in [-0.3, -0.25) is 19.3 Å². The topological polar surface area (TPSA) is 130 Å². The van der Waals surface area contributed by atoms with Crippen LogP contribution in [0, 0.1) is 0 Å². The van der Waals surface area contributed by atoms with Gasteiger partial charge in [0.25, 0.3) is 12.4 Å². The molecule has 0 radical (unpaired) electrons. The number of carboxylic acid groups (broad SMARTS) is 1. The van der Waals surface area contributed by atoms with E-state index in [9.17, 15) is 9.90 Å². The van der Waals surface area contributed by atoms with E-state index in [0.717, 1.165) is 39.0 Å². The summed E-state index contributed by atoms with van der Waals surface area (Å²) in [4.78, 5) is 27.5. The highest BCUT2D eigenvalue weighted by Gasteiger charge is 2.50. The monoisotopic (exact) mass is 445 g/mol. The van der Waals surface area contributed by atoms with E-state index in [-0.39, 0.29) is 24.6 Å². The Morgan fingerprint density at radius 3 is 2.69 bits per heavy atom. The number of nitrogens with zero attached hydrogens (tertiary/aromatic N) is 4. The number of aliphatic hydroxyl groups excluding tert-OH is 1. The van der Waals surface area contributed by atoms with E-state index in [2.05, 4.69) is 20.3 Å². The zero-order valence-corrected chi connectivity index (χ0v) is 18.3. The Bertz CT molecular complexity index is 855. The van der Waals surface area contributed by atoms with Crippen molar-refractivity contribution in [3.8, 4) is 0 Å². The molecule has 0 bridgehead atoms. The number of likely N-dealkylation sites (tertiary alicyclic amines) is 1. The van der Waals surface area contributed by atoms with E-state index in [0.29, 0.717) is 12.0 Å². The number of nitrogens with one attached hydrogen (secondary N) is 1. The fourth-order valence-electron chi connectivity index (χ4n) is 4.42. The van der Waals surface area contributed by atoms with E-state index < -0.39 is 11.6 Å². The first-order valence-corrected chi connectivity index (χ1v) is 10.7. The van der Waals surface area contributed by atoms with E-state index in [1.165, 1.54) is 6.20 Å². The maximum atomic E-state index is 12.7. The van der Waals surface area contributed by atoms with Crippen molar-refractivity contribution in [2.75, 3.05) is 26.2 Å². The molecule has 2 saturated heterocycles. The molecule has 2 aliphatic rings. The Balaban J connectivity index is 0.000000913. The summed E-state index contributed by atoms with van der Waals surface area (Å²) in [6, 6.07) is 5.40. The lowest BCUT2D eigenvalue weighted by molar-refractivity contribution is -0.177. The minimum absolute atomic E-state index is 0.214. The zero-order valence-electron chi connectivity index (χ0n) is 18.3. The smallest absolute Gasteiger partial charge is 0.290 e. The van der Waals surface area contributed by atoms with Crippen molar-refractivity contribution in [2.24, 2.45) is 0 Å². The molecule has 0 saturated carbocycles. The lowest BCUT2D eigenvalue weighted by atomic mass is 9.74. The molecule has 4 heterocycles. The van der Waals surface area contributed by atoms with Crippen LogP contribution < -0.4 is 5.32 Å². The first-order chi connectivity index (χ1) is 15.4. The van der Waals surface area contributed by atoms with Gasteiger partial charge in [-0.15, -0.1) is 0 Å². The number of amides is 1. The molecule has 32 heavy (non-hydrogen) atoms. The van der Waals surface area contributed by atoms with Gasteiger partial charge in [-0.2, -0.15) is 5.10 Å². The highest BCUT2D eigenvalue weighted by Crippen LogP contribution is 2.39. The van der Waals surface area contributed by atoms with Crippen LogP contribution in [-0.2, 0) is 16.1 Å². The van der Waals surface area contributed by atoms with Crippen LogP contribution in [0.4, 0.5) is 0 Å². The molecule has 3 N–H and O–H groups in total. The maximum Gasteiger partial charge on any atom is 0.290 e. The highest BCUT2D eigenvalue weighted by atomic mass is 16.5. The molecule has 2 aliphatic heterocycles. The summed E-state index contributed by atoms with van der Waals surface area (Å²) >= 11 is 0. The van der Waals surface area contributed by atoms with Gasteiger partial charge in [0.15, 0.2) is 0 Å². The fraction of sp³-hybridized carbons (Fsp3) is 0.545. The molecule has 4 rings (SSSR count). The Kier molecular flexibility index (Phi) is 7.94. The summed E-state index contributed by atoms with van der Waals surface area (Å²) < 4.78 is 8.09. The molecule has 2 fully saturated rings. The second kappa shape index (κ2) is 10.7. The minimum atomic E-state index is -0.744. The number of aromatic nitrogens is 3. The molecule has 2 aromatic heterocycles. The molecule has 1 spiro atoms. The van der Waals surface area contributed by atoms with Crippen molar-refractivity contribution in [3.63, 3.8) is 0 Å². The first kappa shape index (κ1) is 23.8. The van der Waals surface area contributed by atoms with Crippen molar-refractivity contribution in [3.05, 3.63) is 48.5 Å². The number of ether oxygens (including phenoxy) is 1. The van der Waals surface area contributed by atoms with E-state index in [1.807, 2.05) is 23.9 Å². The number of carbonyl (C=O) groups excluding carboxylic acids is 1. The fourth-order valence-corrected chi connectivity index (χ4v) is 4.42. The van der Waals surface area contributed by atoms with Crippen LogP contribution in [0.15, 0.2) is 43.0 Å². The van der Waals surface area contributed by atoms with E-state index >= 15 is 0 Å². The summed E-state index contributed by atoms with van der Waals surface area (Å²) in [6.45, 7) is 5.60. The van der Waals surface area contributed by atoms with Gasteiger partial charge in [0.05, 0.1) is 29.9 Å². The van der Waals surface area contributed by atoms with E-state index in [1.54, 1.807) is 24.5 Å². The Morgan fingerprint density at radius 1 is 1.31 bits per heavy atom. The molecule has 10 nitrogen and oxygen atoms in total. The van der Waals surface area contributed by atoms with Crippen LogP contribution >= 0.6 is 0 Å². The molecule has 1 amide bonds. The number of hydrogen-bond donors (Lipinski definition) is 3. The summed E-state index contributed by atoms with van der Waals surface area (Å²) in [7, 11) is 0. The summed E-state index contributed by atoms with van der Waals surface area (Å²) in [5.41, 5.74) is -0.546. The largest absolute Gasteiger partial charge is 0.483 e. The third-order valence-electron chi connectivity index (χ3n) is 6.27. The van der Waals surface area contributed by atoms with Gasteiger partial charge >= 0.3 is 0 Å². The van der Waals surface area contributed by atoms with Crippen LogP contribution in [0.1, 0.15) is 36.5 Å². The second-order valence-electron chi connectivity index (χ2n) is 8.52. The van der Waals surface area contributed by atoms with Gasteiger partial charge in [-0.1, -0.05) is 0 Å². The Labute approximate surface area is 187 Å². The lowest BCUT2D eigenvalue weighted by Gasteiger charge is -2.52. The van der Waals surface area contributed by atoms with Crippen molar-refractivity contribution in [2.45, 2.75) is 50.0 Å². The third-order valence-corrected chi connectivity index (χ3v) is 6.27. The van der Waals surface area contributed by atoms with Crippen molar-refractivity contribution >= 4 is 12.4 Å². The van der Waals surface area contributed by atoms with Gasteiger partial charge in [0.2, 0.25) is 0 Å². The SMILES string of the molecule is C[C@@]1(NC(=O)c2cccnc2)CC2(CCN(CCn3cccn3)CC2)OC[C@H]1O.O=CO. The van der Waals surface area contributed by atoms with Crippen LogP contribution in [0.2, 0.25) is 0 Å². The summed E-state index contributed by atoms with van der Waals surface area (Å²) in [6.07, 6.45) is 8.58. The number of pyridine rings is 1. The number of hydrogen-bond acceptors (Lipinski definition) is 7. The molecular weight excluding hydrogens is 414 g/mol. The van der Waals surface area contributed by atoms with Gasteiger partial charge < -0.3 is 25.2 Å². The van der Waals surface area contributed by atoms with Gasteiger partial charge in [0.1, 0.15) is 6.10 Å². The molecular formula is C22H31N5O5. The predicted molar refractivity (Wildman–Crippen MR) is 116 cm³/mol. The van der Waals surface area contributed by atoms with Crippen molar-refractivity contribution < 1.29 is 24.5 Å². The third kappa shape index (κ3) is 5.90. The minimum Gasteiger partial charge on any atom is -0.483 e. The molecule has 10 heteroatoms.